The van der Waals surface area contributed by atoms with Crippen LogP contribution in [0.2, 0.25) is 0 Å². The number of aromatic nitrogens is 4. The van der Waals surface area contributed by atoms with Crippen LogP contribution in [0.15, 0.2) is 36.7 Å². The van der Waals surface area contributed by atoms with Crippen molar-refractivity contribution in [1.82, 2.24) is 19.7 Å². The van der Waals surface area contributed by atoms with E-state index < -0.39 is 5.91 Å². The maximum atomic E-state index is 13.6. The number of aromatic amines is 1. The summed E-state index contributed by atoms with van der Waals surface area (Å²) in [6, 6.07) is 6.22. The minimum atomic E-state index is -0.576. The zero-order valence-corrected chi connectivity index (χ0v) is 12.2. The van der Waals surface area contributed by atoms with Gasteiger partial charge in [0.15, 0.2) is 0 Å². The molecule has 0 saturated carbocycles. The van der Waals surface area contributed by atoms with Gasteiger partial charge in [-0.2, -0.15) is 5.10 Å². The van der Waals surface area contributed by atoms with Crippen LogP contribution in [0.3, 0.4) is 0 Å². The summed E-state index contributed by atoms with van der Waals surface area (Å²) < 4.78 is 15.5. The number of aryl methyl sites for hydroxylation is 1. The lowest BCUT2D eigenvalue weighted by Gasteiger charge is -2.10. The minimum Gasteiger partial charge on any atom is -0.364 e. The van der Waals surface area contributed by atoms with Crippen molar-refractivity contribution in [3.8, 4) is 5.69 Å². The van der Waals surface area contributed by atoms with Gasteiger partial charge in [0.1, 0.15) is 11.5 Å². The molecule has 0 unspecified atom stereocenters. The van der Waals surface area contributed by atoms with Crippen molar-refractivity contribution in [2.75, 3.05) is 0 Å². The zero-order valence-electron chi connectivity index (χ0n) is 12.2. The summed E-state index contributed by atoms with van der Waals surface area (Å²) in [7, 11) is 0. The van der Waals surface area contributed by atoms with Gasteiger partial charge in [0, 0.05) is 5.39 Å². The van der Waals surface area contributed by atoms with Crippen LogP contribution < -0.4 is 5.73 Å². The number of fused-ring (bicyclic) bond motifs is 3. The van der Waals surface area contributed by atoms with E-state index in [1.165, 1.54) is 12.1 Å². The van der Waals surface area contributed by atoms with E-state index in [4.69, 9.17) is 5.73 Å². The molecule has 0 aliphatic rings. The number of amides is 1. The van der Waals surface area contributed by atoms with Gasteiger partial charge in [0.05, 0.1) is 34.6 Å². The second kappa shape index (κ2) is 4.64. The number of pyridine rings is 1. The quantitative estimate of drug-likeness (QED) is 0.596. The maximum Gasteiger partial charge on any atom is 0.267 e. The molecule has 0 spiro atoms. The Morgan fingerprint density at radius 2 is 2.09 bits per heavy atom. The number of halogens is 1. The molecule has 0 fully saturated rings. The Bertz CT molecular complexity index is 1080. The number of hydrogen-bond donors (Lipinski definition) is 2. The molecule has 0 radical (unpaired) electrons. The topological polar surface area (TPSA) is 89.6 Å². The number of carbonyl (C=O) groups excluding carboxylic acids is 1. The highest BCUT2D eigenvalue weighted by Gasteiger charge is 2.16. The Hall–Kier alpha value is -3.22. The largest absolute Gasteiger partial charge is 0.364 e. The van der Waals surface area contributed by atoms with Crippen LogP contribution >= 0.6 is 0 Å². The fourth-order valence-corrected chi connectivity index (χ4v) is 2.86. The van der Waals surface area contributed by atoms with Crippen molar-refractivity contribution in [2.24, 2.45) is 5.73 Å². The first kappa shape index (κ1) is 13.4. The Kier molecular flexibility index (Phi) is 2.71. The number of primary amides is 1. The number of rotatable bonds is 2. The molecule has 4 rings (SSSR count). The van der Waals surface area contributed by atoms with Crippen LogP contribution in [-0.4, -0.2) is 25.7 Å². The number of nitrogens with one attached hydrogen (secondary N) is 1. The van der Waals surface area contributed by atoms with Gasteiger partial charge in [-0.1, -0.05) is 0 Å². The molecule has 7 heteroatoms. The first-order valence-corrected chi connectivity index (χ1v) is 6.96. The monoisotopic (exact) mass is 309 g/mol. The predicted molar refractivity (Wildman–Crippen MR) is 83.9 cm³/mol. The smallest absolute Gasteiger partial charge is 0.267 e. The van der Waals surface area contributed by atoms with Gasteiger partial charge in [-0.15, -0.1) is 0 Å². The number of carbonyl (C=O) groups is 1. The van der Waals surface area contributed by atoms with Gasteiger partial charge in [0.25, 0.3) is 5.91 Å². The molecule has 0 aliphatic carbocycles. The van der Waals surface area contributed by atoms with Crippen LogP contribution in [0.1, 0.15) is 16.1 Å². The Morgan fingerprint density at radius 3 is 2.83 bits per heavy atom. The summed E-state index contributed by atoms with van der Waals surface area (Å²) in [6.45, 7) is 1.87. The summed E-state index contributed by atoms with van der Waals surface area (Å²) in [5.74, 6) is -0.891. The van der Waals surface area contributed by atoms with Crippen LogP contribution in [-0.2, 0) is 0 Å². The Morgan fingerprint density at radius 1 is 1.26 bits per heavy atom. The number of nitrogens with two attached hydrogens (primary N) is 1. The van der Waals surface area contributed by atoms with Gasteiger partial charge in [-0.25, -0.2) is 9.37 Å². The van der Waals surface area contributed by atoms with Crippen LogP contribution in [0, 0.1) is 12.7 Å². The van der Waals surface area contributed by atoms with E-state index in [0.29, 0.717) is 0 Å². The first-order valence-electron chi connectivity index (χ1n) is 6.96. The predicted octanol–water partition coefficient (Wildman–Crippen LogP) is 2.45. The Balaban J connectivity index is 2.08. The first-order chi connectivity index (χ1) is 11.1. The molecule has 6 nitrogen and oxygen atoms in total. The van der Waals surface area contributed by atoms with Crippen molar-refractivity contribution in [1.29, 1.82) is 0 Å². The van der Waals surface area contributed by atoms with E-state index in [9.17, 15) is 9.18 Å². The third-order valence-corrected chi connectivity index (χ3v) is 3.91. The maximum absolute atomic E-state index is 13.6. The van der Waals surface area contributed by atoms with Gasteiger partial charge in [-0.05, 0) is 36.8 Å². The molecule has 114 valence electrons. The molecule has 23 heavy (non-hydrogen) atoms. The number of benzene rings is 1. The number of H-pyrrole nitrogens is 1. The van der Waals surface area contributed by atoms with E-state index in [1.807, 2.05) is 11.5 Å². The highest BCUT2D eigenvalue weighted by atomic mass is 19.1. The zero-order chi connectivity index (χ0) is 16.1. The van der Waals surface area contributed by atoms with E-state index in [-0.39, 0.29) is 11.5 Å². The summed E-state index contributed by atoms with van der Waals surface area (Å²) in [4.78, 5) is 15.4. The molecule has 0 bridgehead atoms. The average molecular weight is 309 g/mol. The SMILES string of the molecule is Cc1cc(C(N)=O)ncc1-n1c2ccc(F)cc2c2[nH]ncc21. The molecular weight excluding hydrogens is 297 g/mol. The second-order valence-corrected chi connectivity index (χ2v) is 5.35. The van der Waals surface area contributed by atoms with Crippen LogP contribution in [0.5, 0.6) is 0 Å². The van der Waals surface area contributed by atoms with E-state index in [0.717, 1.165) is 33.2 Å². The van der Waals surface area contributed by atoms with Gasteiger partial charge in [0.2, 0.25) is 0 Å². The van der Waals surface area contributed by atoms with Crippen molar-refractivity contribution in [3.63, 3.8) is 0 Å². The van der Waals surface area contributed by atoms with Crippen molar-refractivity contribution in [3.05, 3.63) is 53.7 Å². The lowest BCUT2D eigenvalue weighted by atomic mass is 10.2. The second-order valence-electron chi connectivity index (χ2n) is 5.35. The summed E-state index contributed by atoms with van der Waals surface area (Å²) in [6.07, 6.45) is 3.26. The van der Waals surface area contributed by atoms with E-state index >= 15 is 0 Å². The van der Waals surface area contributed by atoms with E-state index in [1.54, 1.807) is 24.5 Å². The lowest BCUT2D eigenvalue weighted by Crippen LogP contribution is -2.13. The van der Waals surface area contributed by atoms with Crippen molar-refractivity contribution < 1.29 is 9.18 Å². The number of nitrogens with zero attached hydrogens (tertiary/aromatic N) is 3. The standard InChI is InChI=1S/C16H12FN5O/c1-8-4-11(16(18)23)19-6-13(8)22-12-3-2-9(17)5-10(12)15-14(22)7-20-21-15/h2-7H,1H3,(H2,18,23)(H,20,21). The Labute approximate surface area is 129 Å². The third-order valence-electron chi connectivity index (χ3n) is 3.91. The highest BCUT2D eigenvalue weighted by Crippen LogP contribution is 2.31. The fourth-order valence-electron chi connectivity index (χ4n) is 2.86. The van der Waals surface area contributed by atoms with Gasteiger partial charge in [-0.3, -0.25) is 9.89 Å². The summed E-state index contributed by atoms with van der Waals surface area (Å²) in [5, 5.41) is 7.67. The number of hydrogen-bond acceptors (Lipinski definition) is 3. The molecule has 0 atom stereocenters. The van der Waals surface area contributed by atoms with Crippen LogP contribution in [0.4, 0.5) is 4.39 Å². The molecule has 1 aromatic carbocycles. The molecule has 1 amide bonds. The molecule has 0 aliphatic heterocycles. The van der Waals surface area contributed by atoms with E-state index in [2.05, 4.69) is 15.2 Å². The molecule has 0 saturated heterocycles. The van der Waals surface area contributed by atoms with Gasteiger partial charge >= 0.3 is 0 Å². The summed E-state index contributed by atoms with van der Waals surface area (Å²) >= 11 is 0. The molecule has 3 aromatic heterocycles. The van der Waals surface area contributed by atoms with Crippen molar-refractivity contribution in [2.45, 2.75) is 6.92 Å². The normalized spacial score (nSPS) is 11.4. The average Bonchev–Trinajstić information content (AvgIpc) is 3.08. The molecular formula is C16H12FN5O. The molecule has 3 heterocycles. The molecule has 4 aromatic rings. The minimum absolute atomic E-state index is 0.206. The fraction of sp³-hybridized carbons (Fsp3) is 0.0625. The van der Waals surface area contributed by atoms with Crippen LogP contribution in [0.25, 0.3) is 27.6 Å². The molecule has 3 N–H and O–H groups in total. The summed E-state index contributed by atoms with van der Waals surface area (Å²) in [5.41, 5.74) is 9.47. The highest BCUT2D eigenvalue weighted by molar-refractivity contribution is 6.07. The lowest BCUT2D eigenvalue weighted by molar-refractivity contribution is 0.0995. The van der Waals surface area contributed by atoms with Crippen molar-refractivity contribution >= 4 is 27.8 Å². The third kappa shape index (κ3) is 1.90. The van der Waals surface area contributed by atoms with Gasteiger partial charge < -0.3 is 10.3 Å².